The number of aryl methyl sites for hydroxylation is 1. The first-order valence-corrected chi connectivity index (χ1v) is 13.8. The monoisotopic (exact) mass is 511 g/mol. The number of nitrogens with one attached hydrogen (secondary N) is 1. The lowest BCUT2D eigenvalue weighted by atomic mass is 10.0. The maximum Gasteiger partial charge on any atom is 0.124 e. The first-order chi connectivity index (χ1) is 18.7. The highest BCUT2D eigenvalue weighted by atomic mass is 19.1. The molecule has 1 N–H and O–H groups in total. The fraction of sp³-hybridized carbons (Fsp3) is 0.333. The predicted octanol–water partition coefficient (Wildman–Crippen LogP) is 6.56. The zero-order valence-corrected chi connectivity index (χ0v) is 22.3. The lowest BCUT2D eigenvalue weighted by molar-refractivity contribution is 0.252. The number of hydrogen-bond donors (Lipinski definition) is 1. The highest BCUT2D eigenvalue weighted by molar-refractivity contribution is 5.87. The summed E-state index contributed by atoms with van der Waals surface area (Å²) in [5.74, 6) is 0.654. The Bertz CT molecular complexity index is 1320. The summed E-state index contributed by atoms with van der Waals surface area (Å²) in [5.41, 5.74) is 4.88. The van der Waals surface area contributed by atoms with Gasteiger partial charge in [-0.05, 0) is 79.0 Å². The van der Waals surface area contributed by atoms with Gasteiger partial charge in [0.05, 0.1) is 0 Å². The van der Waals surface area contributed by atoms with Crippen LogP contribution in [0, 0.1) is 12.7 Å². The minimum Gasteiger partial charge on any atom is -0.489 e. The largest absolute Gasteiger partial charge is 0.489 e. The molecule has 0 unspecified atom stereocenters. The molecule has 4 aromatic rings. The van der Waals surface area contributed by atoms with Crippen LogP contribution in [-0.4, -0.2) is 44.2 Å². The van der Waals surface area contributed by atoms with Crippen molar-refractivity contribution in [3.8, 4) is 5.75 Å². The van der Waals surface area contributed by atoms with E-state index in [0.29, 0.717) is 6.61 Å². The number of para-hydroxylation sites is 1. The third-order valence-electron chi connectivity index (χ3n) is 7.51. The molecule has 4 aromatic carbocycles. The average Bonchev–Trinajstić information content (AvgIpc) is 2.95. The molecular formula is C33H38FN3O. The van der Waals surface area contributed by atoms with Gasteiger partial charge in [-0.3, -0.25) is 4.90 Å². The molecule has 1 fully saturated rings. The molecule has 0 atom stereocenters. The van der Waals surface area contributed by atoms with Crippen molar-refractivity contribution in [1.82, 2.24) is 10.2 Å². The normalized spacial score (nSPS) is 14.2. The third-order valence-corrected chi connectivity index (χ3v) is 7.51. The number of unbranched alkanes of at least 4 members (excludes halogenated alkanes) is 1. The van der Waals surface area contributed by atoms with Crippen molar-refractivity contribution in [2.24, 2.45) is 0 Å². The van der Waals surface area contributed by atoms with Crippen molar-refractivity contribution in [3.63, 3.8) is 0 Å². The van der Waals surface area contributed by atoms with E-state index in [4.69, 9.17) is 4.74 Å². The number of halogens is 1. The Morgan fingerprint density at radius 2 is 1.58 bits per heavy atom. The fourth-order valence-corrected chi connectivity index (χ4v) is 5.30. The van der Waals surface area contributed by atoms with E-state index in [1.165, 1.54) is 46.1 Å². The molecule has 1 aliphatic heterocycles. The van der Waals surface area contributed by atoms with Gasteiger partial charge in [-0.1, -0.05) is 60.7 Å². The van der Waals surface area contributed by atoms with Gasteiger partial charge in [0.15, 0.2) is 0 Å². The summed E-state index contributed by atoms with van der Waals surface area (Å²) in [5, 5.41) is 6.08. The first-order valence-electron chi connectivity index (χ1n) is 13.8. The lowest BCUT2D eigenvalue weighted by Crippen LogP contribution is -2.46. The number of hydrogen-bond acceptors (Lipinski definition) is 4. The van der Waals surface area contributed by atoms with E-state index in [-0.39, 0.29) is 5.82 Å². The van der Waals surface area contributed by atoms with Gasteiger partial charge in [-0.25, -0.2) is 4.39 Å². The highest BCUT2D eigenvalue weighted by Crippen LogP contribution is 2.29. The second-order valence-electron chi connectivity index (χ2n) is 10.2. The van der Waals surface area contributed by atoms with Gasteiger partial charge < -0.3 is 15.0 Å². The molecule has 0 radical (unpaired) electrons. The van der Waals surface area contributed by atoms with Crippen molar-refractivity contribution in [2.45, 2.75) is 32.9 Å². The Kier molecular flexibility index (Phi) is 8.90. The predicted molar refractivity (Wildman–Crippen MR) is 155 cm³/mol. The number of rotatable bonds is 11. The summed E-state index contributed by atoms with van der Waals surface area (Å²) in [6.07, 6.45) is 2.34. The standard InChI is InChI=1S/C33H38FN3O/c1-26-8-2-5-11-32(26)37-22-20-36(21-23-37)19-7-6-18-35-24-31-30-10-4-3-9-28(30)14-17-33(31)38-25-27-12-15-29(34)16-13-27/h2-5,8-17,35H,6-7,18-25H2,1H3. The molecule has 4 nitrogen and oxygen atoms in total. The Morgan fingerprint density at radius 3 is 2.39 bits per heavy atom. The van der Waals surface area contributed by atoms with E-state index >= 15 is 0 Å². The molecule has 5 rings (SSSR count). The minimum absolute atomic E-state index is 0.228. The van der Waals surface area contributed by atoms with Crippen LogP contribution in [0.1, 0.15) is 29.5 Å². The van der Waals surface area contributed by atoms with E-state index in [0.717, 1.165) is 63.5 Å². The van der Waals surface area contributed by atoms with Crippen LogP contribution in [0.4, 0.5) is 10.1 Å². The van der Waals surface area contributed by atoms with Crippen LogP contribution < -0.4 is 15.0 Å². The van der Waals surface area contributed by atoms with Gasteiger partial charge in [0, 0.05) is 44.0 Å². The minimum atomic E-state index is -0.228. The Balaban J connectivity index is 1.08. The number of ether oxygens (including phenoxy) is 1. The smallest absolute Gasteiger partial charge is 0.124 e. The SMILES string of the molecule is Cc1ccccc1N1CCN(CCCCNCc2c(OCc3ccc(F)cc3)ccc3ccccc23)CC1. The van der Waals surface area contributed by atoms with Crippen LogP contribution in [-0.2, 0) is 13.2 Å². The van der Waals surface area contributed by atoms with Gasteiger partial charge in [-0.15, -0.1) is 0 Å². The summed E-state index contributed by atoms with van der Waals surface area (Å²) in [7, 11) is 0. The molecule has 0 bridgehead atoms. The molecule has 0 amide bonds. The lowest BCUT2D eigenvalue weighted by Gasteiger charge is -2.36. The van der Waals surface area contributed by atoms with Crippen LogP contribution in [0.15, 0.2) is 84.9 Å². The van der Waals surface area contributed by atoms with E-state index in [1.807, 2.05) is 0 Å². The fourth-order valence-electron chi connectivity index (χ4n) is 5.30. The van der Waals surface area contributed by atoms with Gasteiger partial charge in [-0.2, -0.15) is 0 Å². The summed E-state index contributed by atoms with van der Waals surface area (Å²) in [4.78, 5) is 5.12. The number of benzene rings is 4. The summed E-state index contributed by atoms with van der Waals surface area (Å²) in [6.45, 7) is 9.98. The molecule has 0 aliphatic carbocycles. The second-order valence-corrected chi connectivity index (χ2v) is 10.2. The van der Waals surface area contributed by atoms with E-state index in [1.54, 1.807) is 12.1 Å². The summed E-state index contributed by atoms with van der Waals surface area (Å²) in [6, 6.07) is 27.8. The molecule has 1 aliphatic rings. The Hall–Kier alpha value is -3.41. The molecule has 1 saturated heterocycles. The van der Waals surface area contributed by atoms with Crippen LogP contribution in [0.2, 0.25) is 0 Å². The van der Waals surface area contributed by atoms with Crippen LogP contribution >= 0.6 is 0 Å². The quantitative estimate of drug-likeness (QED) is 0.231. The number of anilines is 1. The molecule has 1 heterocycles. The zero-order valence-electron chi connectivity index (χ0n) is 22.3. The molecule has 0 saturated carbocycles. The zero-order chi connectivity index (χ0) is 26.2. The molecule has 198 valence electrons. The molecule has 38 heavy (non-hydrogen) atoms. The Morgan fingerprint density at radius 1 is 0.816 bits per heavy atom. The summed E-state index contributed by atoms with van der Waals surface area (Å²) < 4.78 is 19.5. The van der Waals surface area contributed by atoms with Gasteiger partial charge in [0.2, 0.25) is 0 Å². The number of piperazine rings is 1. The van der Waals surface area contributed by atoms with Gasteiger partial charge >= 0.3 is 0 Å². The summed E-state index contributed by atoms with van der Waals surface area (Å²) >= 11 is 0. The highest BCUT2D eigenvalue weighted by Gasteiger charge is 2.17. The Labute approximate surface area is 226 Å². The van der Waals surface area contributed by atoms with E-state index in [2.05, 4.69) is 82.7 Å². The van der Waals surface area contributed by atoms with Gasteiger partial charge in [0.25, 0.3) is 0 Å². The van der Waals surface area contributed by atoms with Crippen molar-refractivity contribution >= 4 is 16.5 Å². The second kappa shape index (κ2) is 12.9. The van der Waals surface area contributed by atoms with Crippen molar-refractivity contribution in [1.29, 1.82) is 0 Å². The molecule has 0 spiro atoms. The van der Waals surface area contributed by atoms with Crippen LogP contribution in [0.25, 0.3) is 10.8 Å². The van der Waals surface area contributed by atoms with Crippen LogP contribution in [0.5, 0.6) is 5.75 Å². The number of fused-ring (bicyclic) bond motifs is 1. The number of nitrogens with zero attached hydrogens (tertiary/aromatic N) is 2. The van der Waals surface area contributed by atoms with E-state index in [9.17, 15) is 4.39 Å². The maximum absolute atomic E-state index is 13.3. The third kappa shape index (κ3) is 6.72. The molecular weight excluding hydrogens is 473 g/mol. The van der Waals surface area contributed by atoms with Crippen molar-refractivity contribution < 1.29 is 9.13 Å². The van der Waals surface area contributed by atoms with Crippen molar-refractivity contribution in [2.75, 3.05) is 44.2 Å². The molecule has 5 heteroatoms. The topological polar surface area (TPSA) is 27.7 Å². The first kappa shape index (κ1) is 26.2. The van der Waals surface area contributed by atoms with Crippen LogP contribution in [0.3, 0.4) is 0 Å². The molecule has 0 aromatic heterocycles. The van der Waals surface area contributed by atoms with Gasteiger partial charge in [0.1, 0.15) is 18.2 Å². The van der Waals surface area contributed by atoms with Crippen molar-refractivity contribution in [3.05, 3.63) is 107 Å². The average molecular weight is 512 g/mol. The maximum atomic E-state index is 13.3. The van der Waals surface area contributed by atoms with E-state index < -0.39 is 0 Å².